The van der Waals surface area contributed by atoms with E-state index < -0.39 is 0 Å². The second-order valence-corrected chi connectivity index (χ2v) is 4.60. The van der Waals surface area contributed by atoms with Crippen LogP contribution >= 0.6 is 0 Å². The molecule has 0 aromatic heterocycles. The Morgan fingerprint density at radius 3 is 2.59 bits per heavy atom. The summed E-state index contributed by atoms with van der Waals surface area (Å²) in [6.07, 6.45) is 1.69. The highest BCUT2D eigenvalue weighted by Gasteiger charge is 2.13. The molecular weight excluding hydrogens is 214 g/mol. The number of carbonyl (C=O) groups excluding carboxylic acids is 1. The second-order valence-electron chi connectivity index (χ2n) is 4.60. The van der Waals surface area contributed by atoms with Gasteiger partial charge < -0.3 is 10.5 Å². The number of carbonyl (C=O) groups is 1. The first-order chi connectivity index (χ1) is 8.06. The van der Waals surface area contributed by atoms with Crippen LogP contribution in [0.5, 0.6) is 0 Å². The minimum Gasteiger partial charge on any atom is -0.465 e. The standard InChI is InChI=1S/C14H21NO2/c1-10(2)13(15)9-8-11-6-4-5-7-12(11)14(16)17-3/h4-7,10,13H,8-9,15H2,1-3H3. The zero-order valence-corrected chi connectivity index (χ0v) is 10.8. The molecule has 3 heteroatoms. The summed E-state index contributed by atoms with van der Waals surface area (Å²) in [7, 11) is 1.40. The second kappa shape index (κ2) is 6.40. The Hall–Kier alpha value is -1.35. The van der Waals surface area contributed by atoms with E-state index in [0.717, 1.165) is 18.4 Å². The molecule has 1 unspecified atom stereocenters. The van der Waals surface area contributed by atoms with E-state index in [1.807, 2.05) is 18.2 Å². The largest absolute Gasteiger partial charge is 0.465 e. The van der Waals surface area contributed by atoms with Gasteiger partial charge in [0.2, 0.25) is 0 Å². The third kappa shape index (κ3) is 3.86. The lowest BCUT2D eigenvalue weighted by molar-refractivity contribution is 0.0599. The quantitative estimate of drug-likeness (QED) is 0.797. The Balaban J connectivity index is 2.74. The summed E-state index contributed by atoms with van der Waals surface area (Å²) in [5.74, 6) is 0.180. The van der Waals surface area contributed by atoms with Crippen LogP contribution in [0.2, 0.25) is 0 Å². The number of hydrogen-bond donors (Lipinski definition) is 1. The molecule has 0 aliphatic carbocycles. The fourth-order valence-corrected chi connectivity index (χ4v) is 1.70. The van der Waals surface area contributed by atoms with Crippen molar-refractivity contribution in [2.75, 3.05) is 7.11 Å². The first-order valence-corrected chi connectivity index (χ1v) is 5.98. The topological polar surface area (TPSA) is 52.3 Å². The molecule has 0 fully saturated rings. The normalized spacial score (nSPS) is 12.5. The molecule has 1 aromatic carbocycles. The van der Waals surface area contributed by atoms with Crippen molar-refractivity contribution < 1.29 is 9.53 Å². The van der Waals surface area contributed by atoms with Crippen LogP contribution in [0.3, 0.4) is 0 Å². The number of ether oxygens (including phenoxy) is 1. The van der Waals surface area contributed by atoms with Gasteiger partial charge in [-0.05, 0) is 30.4 Å². The van der Waals surface area contributed by atoms with Crippen LogP contribution in [0.25, 0.3) is 0 Å². The highest BCUT2D eigenvalue weighted by atomic mass is 16.5. The summed E-state index contributed by atoms with van der Waals surface area (Å²) in [5, 5.41) is 0. The van der Waals surface area contributed by atoms with Crippen molar-refractivity contribution in [1.29, 1.82) is 0 Å². The van der Waals surface area contributed by atoms with Crippen LogP contribution in [0.4, 0.5) is 0 Å². The van der Waals surface area contributed by atoms with Gasteiger partial charge in [0, 0.05) is 6.04 Å². The maximum atomic E-state index is 11.6. The fourth-order valence-electron chi connectivity index (χ4n) is 1.70. The molecule has 0 aliphatic rings. The van der Waals surface area contributed by atoms with E-state index in [1.54, 1.807) is 6.07 Å². The van der Waals surface area contributed by atoms with E-state index in [1.165, 1.54) is 7.11 Å². The van der Waals surface area contributed by atoms with Crippen LogP contribution in [-0.2, 0) is 11.2 Å². The summed E-state index contributed by atoms with van der Waals surface area (Å²) >= 11 is 0. The van der Waals surface area contributed by atoms with Gasteiger partial charge in [0.15, 0.2) is 0 Å². The van der Waals surface area contributed by atoms with Crippen LogP contribution in [0, 0.1) is 5.92 Å². The van der Waals surface area contributed by atoms with Gasteiger partial charge in [0.05, 0.1) is 12.7 Å². The molecule has 94 valence electrons. The zero-order chi connectivity index (χ0) is 12.8. The molecule has 0 heterocycles. The molecule has 0 aliphatic heterocycles. The molecule has 2 N–H and O–H groups in total. The number of hydrogen-bond acceptors (Lipinski definition) is 3. The fraction of sp³-hybridized carbons (Fsp3) is 0.500. The Bertz CT molecular complexity index is 374. The van der Waals surface area contributed by atoms with Crippen molar-refractivity contribution in [1.82, 2.24) is 0 Å². The first kappa shape index (κ1) is 13.7. The average Bonchev–Trinajstić information content (AvgIpc) is 2.35. The summed E-state index contributed by atoms with van der Waals surface area (Å²) in [4.78, 5) is 11.6. The summed E-state index contributed by atoms with van der Waals surface area (Å²) in [5.41, 5.74) is 7.66. The number of rotatable bonds is 5. The molecule has 17 heavy (non-hydrogen) atoms. The molecule has 0 saturated heterocycles. The van der Waals surface area contributed by atoms with Crippen molar-refractivity contribution in [2.45, 2.75) is 32.7 Å². The van der Waals surface area contributed by atoms with Gasteiger partial charge in [-0.3, -0.25) is 0 Å². The van der Waals surface area contributed by atoms with Crippen LogP contribution in [-0.4, -0.2) is 19.1 Å². The number of nitrogens with two attached hydrogens (primary N) is 1. The molecule has 0 spiro atoms. The molecule has 3 nitrogen and oxygen atoms in total. The summed E-state index contributed by atoms with van der Waals surface area (Å²) < 4.78 is 4.76. The van der Waals surface area contributed by atoms with E-state index in [4.69, 9.17) is 10.5 Å². The van der Waals surface area contributed by atoms with E-state index in [2.05, 4.69) is 13.8 Å². The van der Waals surface area contributed by atoms with Crippen LogP contribution in [0.15, 0.2) is 24.3 Å². The van der Waals surface area contributed by atoms with Gasteiger partial charge in [0.1, 0.15) is 0 Å². The van der Waals surface area contributed by atoms with E-state index >= 15 is 0 Å². The lowest BCUT2D eigenvalue weighted by atomic mass is 9.95. The smallest absolute Gasteiger partial charge is 0.338 e. The van der Waals surface area contributed by atoms with Gasteiger partial charge in [0.25, 0.3) is 0 Å². The molecule has 1 atom stereocenters. The third-order valence-electron chi connectivity index (χ3n) is 3.03. The van der Waals surface area contributed by atoms with E-state index in [0.29, 0.717) is 11.5 Å². The molecule has 0 amide bonds. The average molecular weight is 235 g/mol. The third-order valence-corrected chi connectivity index (χ3v) is 3.03. The van der Waals surface area contributed by atoms with Crippen molar-refractivity contribution in [3.8, 4) is 0 Å². The monoisotopic (exact) mass is 235 g/mol. The maximum Gasteiger partial charge on any atom is 0.338 e. The van der Waals surface area contributed by atoms with Crippen molar-refractivity contribution >= 4 is 5.97 Å². The van der Waals surface area contributed by atoms with E-state index in [9.17, 15) is 4.79 Å². The molecule has 0 bridgehead atoms. The molecule has 1 rings (SSSR count). The first-order valence-electron chi connectivity index (χ1n) is 5.98. The summed E-state index contributed by atoms with van der Waals surface area (Å²) in [6, 6.07) is 7.70. The molecule has 0 saturated carbocycles. The molecule has 0 radical (unpaired) electrons. The Kier molecular flexibility index (Phi) is 5.16. The van der Waals surface area contributed by atoms with Crippen molar-refractivity contribution in [3.05, 3.63) is 35.4 Å². The minimum absolute atomic E-state index is 0.167. The Morgan fingerprint density at radius 2 is 2.00 bits per heavy atom. The van der Waals surface area contributed by atoms with Crippen molar-refractivity contribution in [2.24, 2.45) is 11.7 Å². The zero-order valence-electron chi connectivity index (χ0n) is 10.8. The highest BCUT2D eigenvalue weighted by Crippen LogP contribution is 2.14. The van der Waals surface area contributed by atoms with Gasteiger partial charge in [-0.25, -0.2) is 4.79 Å². The van der Waals surface area contributed by atoms with E-state index in [-0.39, 0.29) is 12.0 Å². The van der Waals surface area contributed by atoms with Gasteiger partial charge in [-0.1, -0.05) is 32.0 Å². The lowest BCUT2D eigenvalue weighted by Crippen LogP contribution is -2.27. The van der Waals surface area contributed by atoms with Crippen molar-refractivity contribution in [3.63, 3.8) is 0 Å². The number of methoxy groups -OCH3 is 1. The number of benzene rings is 1. The predicted molar refractivity (Wildman–Crippen MR) is 68.9 cm³/mol. The maximum absolute atomic E-state index is 11.6. The number of esters is 1. The Morgan fingerprint density at radius 1 is 1.35 bits per heavy atom. The highest BCUT2D eigenvalue weighted by molar-refractivity contribution is 5.90. The van der Waals surface area contributed by atoms with Crippen LogP contribution < -0.4 is 5.73 Å². The predicted octanol–water partition coefficient (Wildman–Crippen LogP) is 2.39. The van der Waals surface area contributed by atoms with Gasteiger partial charge in [-0.15, -0.1) is 0 Å². The SMILES string of the molecule is COC(=O)c1ccccc1CCC(N)C(C)C. The van der Waals surface area contributed by atoms with Crippen LogP contribution in [0.1, 0.15) is 36.2 Å². The Labute approximate surface area is 103 Å². The summed E-state index contributed by atoms with van der Waals surface area (Å²) in [6.45, 7) is 4.22. The van der Waals surface area contributed by atoms with Gasteiger partial charge in [-0.2, -0.15) is 0 Å². The molecule has 1 aromatic rings. The molecular formula is C14H21NO2. The van der Waals surface area contributed by atoms with Gasteiger partial charge >= 0.3 is 5.97 Å². The minimum atomic E-state index is -0.279. The number of aryl methyl sites for hydroxylation is 1. The lowest BCUT2D eigenvalue weighted by Gasteiger charge is -2.16.